The van der Waals surface area contributed by atoms with Gasteiger partial charge in [0.2, 0.25) is 5.91 Å². The zero-order valence-electron chi connectivity index (χ0n) is 8.23. The van der Waals surface area contributed by atoms with Crippen LogP contribution in [0, 0.1) is 0 Å². The fourth-order valence-electron chi connectivity index (χ4n) is 1.60. The summed E-state index contributed by atoms with van der Waals surface area (Å²) in [7, 11) is 0. The average molecular weight is 190 g/mol. The quantitative estimate of drug-likeness (QED) is 0.715. The van der Waals surface area contributed by atoms with Crippen molar-refractivity contribution in [2.45, 2.75) is 19.0 Å². The Morgan fingerprint density at radius 3 is 2.64 bits per heavy atom. The molecule has 0 radical (unpaired) electrons. The van der Waals surface area contributed by atoms with Crippen molar-refractivity contribution in [3.63, 3.8) is 0 Å². The SMILES string of the molecule is CC1(C(N)=O)CN1Cc1ccccc1. The van der Waals surface area contributed by atoms with Gasteiger partial charge in [0.15, 0.2) is 0 Å². The Bertz CT molecular complexity index is 350. The van der Waals surface area contributed by atoms with Gasteiger partial charge in [-0.3, -0.25) is 9.69 Å². The van der Waals surface area contributed by atoms with Gasteiger partial charge in [-0.1, -0.05) is 30.3 Å². The van der Waals surface area contributed by atoms with Gasteiger partial charge in [-0.05, 0) is 12.5 Å². The molecule has 0 bridgehead atoms. The van der Waals surface area contributed by atoms with E-state index in [-0.39, 0.29) is 5.91 Å². The molecule has 1 amide bonds. The molecule has 0 saturated carbocycles. The number of benzene rings is 1. The summed E-state index contributed by atoms with van der Waals surface area (Å²) in [6.07, 6.45) is 0. The van der Waals surface area contributed by atoms with E-state index in [1.54, 1.807) is 0 Å². The zero-order valence-corrected chi connectivity index (χ0v) is 8.23. The number of carbonyl (C=O) groups excluding carboxylic acids is 1. The molecule has 0 aromatic heterocycles. The molecule has 74 valence electrons. The number of nitrogens with two attached hydrogens (primary N) is 1. The van der Waals surface area contributed by atoms with Crippen molar-refractivity contribution in [1.29, 1.82) is 0 Å². The van der Waals surface area contributed by atoms with Gasteiger partial charge in [-0.15, -0.1) is 0 Å². The monoisotopic (exact) mass is 190 g/mol. The number of carbonyl (C=O) groups is 1. The second kappa shape index (κ2) is 3.10. The lowest BCUT2D eigenvalue weighted by Gasteiger charge is -2.08. The van der Waals surface area contributed by atoms with Crippen molar-refractivity contribution in [2.24, 2.45) is 5.73 Å². The van der Waals surface area contributed by atoms with Gasteiger partial charge in [0, 0.05) is 13.1 Å². The summed E-state index contributed by atoms with van der Waals surface area (Å²) in [4.78, 5) is 13.1. The highest BCUT2D eigenvalue weighted by Gasteiger charge is 2.52. The Hall–Kier alpha value is -1.35. The molecule has 1 aliphatic heterocycles. The van der Waals surface area contributed by atoms with Gasteiger partial charge in [0.05, 0.1) is 0 Å². The van der Waals surface area contributed by atoms with E-state index >= 15 is 0 Å². The maximum atomic E-state index is 11.1. The molecule has 1 aromatic rings. The third kappa shape index (κ3) is 1.51. The fraction of sp³-hybridized carbons (Fsp3) is 0.364. The number of hydrogen-bond donors (Lipinski definition) is 1. The Morgan fingerprint density at radius 2 is 2.14 bits per heavy atom. The molecule has 2 atom stereocenters. The zero-order chi connectivity index (χ0) is 10.2. The Morgan fingerprint density at radius 1 is 1.50 bits per heavy atom. The van der Waals surface area contributed by atoms with Crippen molar-refractivity contribution in [3.8, 4) is 0 Å². The minimum Gasteiger partial charge on any atom is -0.368 e. The molecule has 2 unspecified atom stereocenters. The van der Waals surface area contributed by atoms with Gasteiger partial charge >= 0.3 is 0 Å². The van der Waals surface area contributed by atoms with Gasteiger partial charge in [0.25, 0.3) is 0 Å². The fourth-order valence-corrected chi connectivity index (χ4v) is 1.60. The molecule has 1 saturated heterocycles. The van der Waals surface area contributed by atoms with Gasteiger partial charge in [-0.25, -0.2) is 0 Å². The summed E-state index contributed by atoms with van der Waals surface area (Å²) in [6, 6.07) is 10.1. The number of rotatable bonds is 3. The smallest absolute Gasteiger partial charge is 0.239 e. The summed E-state index contributed by atoms with van der Waals surface area (Å²) in [6.45, 7) is 3.47. The summed E-state index contributed by atoms with van der Waals surface area (Å²) in [5, 5.41) is 0. The molecule has 0 aliphatic carbocycles. The van der Waals surface area contributed by atoms with E-state index < -0.39 is 5.54 Å². The van der Waals surface area contributed by atoms with Gasteiger partial charge < -0.3 is 5.73 Å². The van der Waals surface area contributed by atoms with E-state index in [4.69, 9.17) is 5.73 Å². The summed E-state index contributed by atoms with van der Waals surface area (Å²) in [5.41, 5.74) is 6.11. The van der Waals surface area contributed by atoms with Crippen LogP contribution < -0.4 is 5.73 Å². The van der Waals surface area contributed by atoms with Crippen LogP contribution in [-0.2, 0) is 11.3 Å². The van der Waals surface area contributed by atoms with Gasteiger partial charge in [-0.2, -0.15) is 0 Å². The average Bonchev–Trinajstić information content (AvgIpc) is 2.80. The number of primary amides is 1. The predicted octanol–water partition coefficient (Wildman–Crippen LogP) is 0.746. The first-order valence-corrected chi connectivity index (χ1v) is 4.72. The molecule has 1 aliphatic rings. The topological polar surface area (TPSA) is 46.1 Å². The van der Waals surface area contributed by atoms with Gasteiger partial charge in [0.1, 0.15) is 5.54 Å². The van der Waals surface area contributed by atoms with Crippen molar-refractivity contribution in [3.05, 3.63) is 35.9 Å². The molecule has 2 rings (SSSR count). The summed E-state index contributed by atoms with van der Waals surface area (Å²) in [5.74, 6) is -0.228. The largest absolute Gasteiger partial charge is 0.368 e. The van der Waals surface area contributed by atoms with E-state index in [9.17, 15) is 4.79 Å². The number of hydrogen-bond acceptors (Lipinski definition) is 2. The van der Waals surface area contributed by atoms with Crippen molar-refractivity contribution in [1.82, 2.24) is 4.90 Å². The van der Waals surface area contributed by atoms with Crippen LogP contribution in [0.25, 0.3) is 0 Å². The van der Waals surface area contributed by atoms with Crippen LogP contribution in [0.4, 0.5) is 0 Å². The van der Waals surface area contributed by atoms with Crippen molar-refractivity contribution in [2.75, 3.05) is 6.54 Å². The molecule has 1 fully saturated rings. The molecule has 1 heterocycles. The Balaban J connectivity index is 2.00. The van der Waals surface area contributed by atoms with Crippen LogP contribution in [0.5, 0.6) is 0 Å². The number of amides is 1. The molecular formula is C11H14N2O. The van der Waals surface area contributed by atoms with Crippen LogP contribution in [0.2, 0.25) is 0 Å². The molecule has 1 aromatic carbocycles. The summed E-state index contributed by atoms with van der Waals surface area (Å²) < 4.78 is 0. The Kier molecular flexibility index (Phi) is 2.04. The molecular weight excluding hydrogens is 176 g/mol. The number of nitrogens with zero attached hydrogens (tertiary/aromatic N) is 1. The van der Waals surface area contributed by atoms with E-state index in [1.807, 2.05) is 25.1 Å². The molecule has 3 heteroatoms. The van der Waals surface area contributed by atoms with Crippen LogP contribution >= 0.6 is 0 Å². The lowest BCUT2D eigenvalue weighted by Crippen LogP contribution is -2.32. The first kappa shape index (κ1) is 9.21. The lowest BCUT2D eigenvalue weighted by molar-refractivity contribution is -0.121. The first-order chi connectivity index (χ1) is 6.63. The third-order valence-corrected chi connectivity index (χ3v) is 2.84. The van der Waals surface area contributed by atoms with Crippen LogP contribution in [0.1, 0.15) is 12.5 Å². The van der Waals surface area contributed by atoms with Crippen LogP contribution in [0.15, 0.2) is 30.3 Å². The summed E-state index contributed by atoms with van der Waals surface area (Å²) >= 11 is 0. The predicted molar refractivity (Wildman–Crippen MR) is 54.5 cm³/mol. The standard InChI is InChI=1S/C11H14N2O/c1-11(10(12)14)8-13(11)7-9-5-3-2-4-6-9/h2-6H,7-8H2,1H3,(H2,12,14). The minimum atomic E-state index is -0.407. The normalized spacial score (nSPS) is 29.9. The second-order valence-electron chi connectivity index (χ2n) is 3.98. The molecule has 14 heavy (non-hydrogen) atoms. The highest BCUT2D eigenvalue weighted by Crippen LogP contribution is 2.32. The van der Waals surface area contributed by atoms with E-state index in [2.05, 4.69) is 17.0 Å². The van der Waals surface area contributed by atoms with E-state index in [0.717, 1.165) is 13.1 Å². The molecule has 2 N–H and O–H groups in total. The highest BCUT2D eigenvalue weighted by molar-refractivity contribution is 5.87. The van der Waals surface area contributed by atoms with Crippen molar-refractivity contribution < 1.29 is 4.79 Å². The second-order valence-corrected chi connectivity index (χ2v) is 3.98. The Labute approximate surface area is 83.5 Å². The maximum absolute atomic E-state index is 11.1. The highest BCUT2D eigenvalue weighted by atomic mass is 16.2. The molecule has 0 spiro atoms. The molecule has 3 nitrogen and oxygen atoms in total. The third-order valence-electron chi connectivity index (χ3n) is 2.84. The van der Waals surface area contributed by atoms with E-state index in [1.165, 1.54) is 5.56 Å². The lowest BCUT2D eigenvalue weighted by atomic mass is 10.2. The minimum absolute atomic E-state index is 0.228. The van der Waals surface area contributed by atoms with Crippen LogP contribution in [0.3, 0.4) is 0 Å². The van der Waals surface area contributed by atoms with E-state index in [0.29, 0.717) is 0 Å². The first-order valence-electron chi connectivity index (χ1n) is 4.72. The van der Waals surface area contributed by atoms with Crippen LogP contribution in [-0.4, -0.2) is 22.9 Å². The van der Waals surface area contributed by atoms with Crippen molar-refractivity contribution >= 4 is 5.91 Å². The maximum Gasteiger partial charge on any atom is 0.239 e.